The Morgan fingerprint density at radius 3 is 2.48 bits per heavy atom. The van der Waals surface area contributed by atoms with Gasteiger partial charge in [-0.25, -0.2) is 9.78 Å². The van der Waals surface area contributed by atoms with E-state index in [9.17, 15) is 9.59 Å². The van der Waals surface area contributed by atoms with Crippen LogP contribution >= 0.6 is 11.3 Å². The molecule has 0 aliphatic carbocycles. The van der Waals surface area contributed by atoms with E-state index in [1.165, 1.54) is 23.8 Å². The first-order valence-electron chi connectivity index (χ1n) is 9.39. The normalized spacial score (nSPS) is 11.5. The number of hydrogen-bond donors (Lipinski definition) is 2. The fraction of sp³-hybridized carbons (Fsp3) is 0.227. The second kappa shape index (κ2) is 9.84. The minimum atomic E-state index is -0.934. The number of aryl methyl sites for hydroxylation is 1. The van der Waals surface area contributed by atoms with Crippen LogP contribution < -0.4 is 10.6 Å². The lowest BCUT2D eigenvalue weighted by Gasteiger charge is -2.13. The molecule has 0 bridgehead atoms. The molecule has 1 aromatic heterocycles. The van der Waals surface area contributed by atoms with Crippen LogP contribution in [0.25, 0.3) is 0 Å². The monoisotopic (exact) mass is 409 g/mol. The van der Waals surface area contributed by atoms with Crippen molar-refractivity contribution in [3.63, 3.8) is 0 Å². The van der Waals surface area contributed by atoms with Crippen LogP contribution in [0.2, 0.25) is 0 Å². The van der Waals surface area contributed by atoms with Crippen LogP contribution in [0.4, 0.5) is 10.8 Å². The Labute approximate surface area is 173 Å². The standard InChI is InChI=1S/C22H23N3O3S/c1-3-16-9-11-18(12-10-16)24-20(26)15(2)28-21(27)19-14-29-22(25-19)23-13-17-7-5-4-6-8-17/h4-12,14-15H,3,13H2,1-2H3,(H,23,25)(H,24,26)/t15-/m0/s1. The predicted octanol–water partition coefficient (Wildman–Crippen LogP) is 4.50. The van der Waals surface area contributed by atoms with Gasteiger partial charge in [-0.2, -0.15) is 0 Å². The van der Waals surface area contributed by atoms with Crippen molar-refractivity contribution < 1.29 is 14.3 Å². The van der Waals surface area contributed by atoms with Gasteiger partial charge in [-0.1, -0.05) is 49.4 Å². The summed E-state index contributed by atoms with van der Waals surface area (Å²) in [6, 6.07) is 17.5. The molecule has 0 fully saturated rings. The van der Waals surface area contributed by atoms with Gasteiger partial charge in [-0.15, -0.1) is 11.3 Å². The molecule has 7 heteroatoms. The van der Waals surface area contributed by atoms with Gasteiger partial charge in [0.25, 0.3) is 5.91 Å². The largest absolute Gasteiger partial charge is 0.448 e. The first-order chi connectivity index (χ1) is 14.0. The molecule has 3 rings (SSSR count). The van der Waals surface area contributed by atoms with E-state index >= 15 is 0 Å². The van der Waals surface area contributed by atoms with Crippen molar-refractivity contribution in [1.29, 1.82) is 0 Å². The summed E-state index contributed by atoms with van der Waals surface area (Å²) in [5.41, 5.74) is 3.14. The fourth-order valence-corrected chi connectivity index (χ4v) is 3.24. The molecular weight excluding hydrogens is 386 g/mol. The summed E-state index contributed by atoms with van der Waals surface area (Å²) in [4.78, 5) is 28.8. The highest BCUT2D eigenvalue weighted by molar-refractivity contribution is 7.13. The molecule has 1 atom stereocenters. The zero-order valence-electron chi connectivity index (χ0n) is 16.3. The van der Waals surface area contributed by atoms with Crippen LogP contribution in [0, 0.1) is 0 Å². The van der Waals surface area contributed by atoms with Gasteiger partial charge < -0.3 is 15.4 Å². The number of aromatic nitrogens is 1. The van der Waals surface area contributed by atoms with E-state index in [1.54, 1.807) is 5.38 Å². The van der Waals surface area contributed by atoms with Gasteiger partial charge in [0.1, 0.15) is 0 Å². The molecule has 0 aliphatic heterocycles. The number of nitrogens with zero attached hydrogens (tertiary/aromatic N) is 1. The summed E-state index contributed by atoms with van der Waals surface area (Å²) in [5.74, 6) is -1.02. The van der Waals surface area contributed by atoms with Gasteiger partial charge in [0.2, 0.25) is 0 Å². The molecule has 2 aromatic carbocycles. The lowest BCUT2D eigenvalue weighted by atomic mass is 10.1. The molecule has 6 nitrogen and oxygen atoms in total. The van der Waals surface area contributed by atoms with Gasteiger partial charge >= 0.3 is 5.97 Å². The van der Waals surface area contributed by atoms with Gasteiger partial charge in [0.15, 0.2) is 16.9 Å². The Morgan fingerprint density at radius 2 is 1.79 bits per heavy atom. The maximum Gasteiger partial charge on any atom is 0.358 e. The zero-order valence-corrected chi connectivity index (χ0v) is 17.2. The van der Waals surface area contributed by atoms with Crippen LogP contribution in [-0.2, 0) is 22.5 Å². The SMILES string of the molecule is CCc1ccc(NC(=O)[C@H](C)OC(=O)c2csc(NCc3ccccc3)n2)cc1. The summed E-state index contributed by atoms with van der Waals surface area (Å²) in [6.45, 7) is 4.21. The Hall–Kier alpha value is -3.19. The molecule has 0 unspecified atom stereocenters. The van der Waals surface area contributed by atoms with Crippen molar-refractivity contribution in [2.75, 3.05) is 10.6 Å². The number of amides is 1. The minimum absolute atomic E-state index is 0.178. The lowest BCUT2D eigenvalue weighted by molar-refractivity contribution is -0.123. The summed E-state index contributed by atoms with van der Waals surface area (Å²) >= 11 is 1.32. The second-order valence-electron chi connectivity index (χ2n) is 6.46. The average Bonchev–Trinajstić information content (AvgIpc) is 3.23. The number of thiazole rings is 1. The third-order valence-corrected chi connectivity index (χ3v) is 5.08. The van der Waals surface area contributed by atoms with E-state index < -0.39 is 12.1 Å². The number of ether oxygens (including phenoxy) is 1. The van der Waals surface area contributed by atoms with Crippen LogP contribution in [0.3, 0.4) is 0 Å². The third-order valence-electron chi connectivity index (χ3n) is 4.28. The highest BCUT2D eigenvalue weighted by Crippen LogP contribution is 2.18. The molecule has 0 aliphatic rings. The van der Waals surface area contributed by atoms with Crippen molar-refractivity contribution in [2.24, 2.45) is 0 Å². The highest BCUT2D eigenvalue weighted by atomic mass is 32.1. The molecule has 3 aromatic rings. The summed E-state index contributed by atoms with van der Waals surface area (Å²) in [5, 5.41) is 8.16. The molecule has 0 saturated carbocycles. The number of nitrogens with one attached hydrogen (secondary N) is 2. The van der Waals surface area contributed by atoms with Gasteiger partial charge in [-0.05, 0) is 36.6 Å². The first kappa shape index (κ1) is 20.5. The molecule has 0 radical (unpaired) electrons. The zero-order chi connectivity index (χ0) is 20.6. The molecule has 29 heavy (non-hydrogen) atoms. The van der Waals surface area contributed by atoms with Crippen LogP contribution in [0.1, 0.15) is 35.5 Å². The smallest absolute Gasteiger partial charge is 0.358 e. The molecule has 2 N–H and O–H groups in total. The minimum Gasteiger partial charge on any atom is -0.448 e. The van der Waals surface area contributed by atoms with Crippen molar-refractivity contribution in [2.45, 2.75) is 32.9 Å². The number of benzene rings is 2. The average molecular weight is 410 g/mol. The van der Waals surface area contributed by atoms with E-state index in [2.05, 4.69) is 22.5 Å². The third kappa shape index (κ3) is 5.89. The Balaban J connectivity index is 1.51. The van der Waals surface area contributed by atoms with Crippen molar-refractivity contribution in [1.82, 2.24) is 4.98 Å². The second-order valence-corrected chi connectivity index (χ2v) is 7.32. The predicted molar refractivity (Wildman–Crippen MR) is 115 cm³/mol. The molecule has 1 heterocycles. The Bertz CT molecular complexity index is 955. The number of anilines is 2. The molecular formula is C22H23N3O3S. The van der Waals surface area contributed by atoms with Crippen LogP contribution in [0.5, 0.6) is 0 Å². The quantitative estimate of drug-likeness (QED) is 0.536. The number of carbonyl (C=O) groups excluding carboxylic acids is 2. The molecule has 0 spiro atoms. The fourth-order valence-electron chi connectivity index (χ4n) is 2.56. The van der Waals surface area contributed by atoms with Crippen LogP contribution in [-0.4, -0.2) is 23.0 Å². The molecule has 1 amide bonds. The van der Waals surface area contributed by atoms with E-state index in [-0.39, 0.29) is 11.6 Å². The molecule has 150 valence electrons. The van der Waals surface area contributed by atoms with E-state index in [0.29, 0.717) is 17.4 Å². The molecule has 0 saturated heterocycles. The number of hydrogen-bond acceptors (Lipinski definition) is 6. The summed E-state index contributed by atoms with van der Waals surface area (Å²) in [7, 11) is 0. The summed E-state index contributed by atoms with van der Waals surface area (Å²) < 4.78 is 5.26. The van der Waals surface area contributed by atoms with Crippen LogP contribution in [0.15, 0.2) is 60.0 Å². The maximum atomic E-state index is 12.3. The van der Waals surface area contributed by atoms with Crippen molar-refractivity contribution in [3.8, 4) is 0 Å². The van der Waals surface area contributed by atoms with Gasteiger partial charge in [0.05, 0.1) is 0 Å². The maximum absolute atomic E-state index is 12.3. The highest BCUT2D eigenvalue weighted by Gasteiger charge is 2.21. The lowest BCUT2D eigenvalue weighted by Crippen LogP contribution is -2.30. The van der Waals surface area contributed by atoms with Crippen molar-refractivity contribution >= 4 is 34.0 Å². The number of carbonyl (C=O) groups is 2. The van der Waals surface area contributed by atoms with E-state index in [4.69, 9.17) is 4.74 Å². The van der Waals surface area contributed by atoms with Gasteiger partial charge in [-0.3, -0.25) is 4.79 Å². The topological polar surface area (TPSA) is 80.3 Å². The Morgan fingerprint density at radius 1 is 1.07 bits per heavy atom. The number of rotatable bonds is 8. The summed E-state index contributed by atoms with van der Waals surface area (Å²) in [6.07, 6.45) is -0.00582. The number of esters is 1. The Kier molecular flexibility index (Phi) is 6.97. The first-order valence-corrected chi connectivity index (χ1v) is 10.3. The van der Waals surface area contributed by atoms with Crippen molar-refractivity contribution in [3.05, 3.63) is 76.8 Å². The van der Waals surface area contributed by atoms with E-state index in [1.807, 2.05) is 54.6 Å². The van der Waals surface area contributed by atoms with E-state index in [0.717, 1.165) is 12.0 Å². The van der Waals surface area contributed by atoms with Gasteiger partial charge in [0, 0.05) is 17.6 Å².